The number of rotatable bonds is 9. The topological polar surface area (TPSA) is 98.4 Å². The summed E-state index contributed by atoms with van der Waals surface area (Å²) < 4.78 is 28.6. The Balaban J connectivity index is 0.00000361. The molecule has 4 rings (SSSR count). The van der Waals surface area contributed by atoms with E-state index in [2.05, 4.69) is 0 Å². The second-order valence-corrected chi connectivity index (χ2v) is 8.95. The molecule has 3 atom stereocenters. The molecule has 0 fully saturated rings. The number of carboxylic acid groups (broad SMARTS) is 1. The molecule has 0 aliphatic heterocycles. The van der Waals surface area contributed by atoms with Crippen LogP contribution in [-0.2, 0) is 17.6 Å². The van der Waals surface area contributed by atoms with Crippen LogP contribution in [0.2, 0.25) is 0 Å². The minimum atomic E-state index is -1.38. The van der Waals surface area contributed by atoms with Gasteiger partial charge in [0.1, 0.15) is 11.6 Å². The van der Waals surface area contributed by atoms with Gasteiger partial charge in [0.05, 0.1) is 29.3 Å². The Morgan fingerprint density at radius 1 is 1.11 bits per heavy atom. The maximum absolute atomic E-state index is 13.6. The number of aliphatic hydroxyl groups excluding tert-OH is 2. The van der Waals surface area contributed by atoms with Crippen molar-refractivity contribution in [3.8, 4) is 5.69 Å². The first-order chi connectivity index (χ1) is 16.8. The number of aromatic nitrogens is 2. The number of hydrogen-bond donors (Lipinski definition) is 2. The summed E-state index contributed by atoms with van der Waals surface area (Å²) in [7, 11) is 0. The molecule has 0 amide bonds. The third-order valence-corrected chi connectivity index (χ3v) is 6.28. The predicted octanol–water partition coefficient (Wildman–Crippen LogP) is 0.0822. The van der Waals surface area contributed by atoms with Crippen molar-refractivity contribution >= 4 is 12.0 Å². The molecule has 9 heteroatoms. The SMILES string of the molecule is O=C([O-])C[C@@H](O)C[C@@H](O)/C=C/c1c2c(nn1-c1ccc(F)cc1)C(Cc1ccc(F)cc1)CCC2.[Na+]. The first kappa shape index (κ1) is 28.2. The van der Waals surface area contributed by atoms with E-state index in [1.807, 2.05) is 0 Å². The number of nitrogens with zero attached hydrogens (tertiary/aromatic N) is 2. The quantitative estimate of drug-likeness (QED) is 0.403. The van der Waals surface area contributed by atoms with Crippen molar-refractivity contribution in [1.82, 2.24) is 9.78 Å². The molecule has 2 N–H and O–H groups in total. The predicted molar refractivity (Wildman–Crippen MR) is 125 cm³/mol. The van der Waals surface area contributed by atoms with Crippen LogP contribution in [-0.4, -0.2) is 38.2 Å². The largest absolute Gasteiger partial charge is 1.00 e. The summed E-state index contributed by atoms with van der Waals surface area (Å²) in [6, 6.07) is 12.4. The monoisotopic (exact) mass is 504 g/mol. The molecule has 0 radical (unpaired) electrons. The zero-order chi connectivity index (χ0) is 24.9. The van der Waals surface area contributed by atoms with Crippen LogP contribution in [0.25, 0.3) is 11.8 Å². The summed E-state index contributed by atoms with van der Waals surface area (Å²) in [4.78, 5) is 10.7. The summed E-state index contributed by atoms with van der Waals surface area (Å²) in [6.45, 7) is 0. The van der Waals surface area contributed by atoms with Crippen LogP contribution in [0.15, 0.2) is 54.6 Å². The summed E-state index contributed by atoms with van der Waals surface area (Å²) >= 11 is 0. The second kappa shape index (κ2) is 12.7. The Morgan fingerprint density at radius 2 is 1.75 bits per heavy atom. The van der Waals surface area contributed by atoms with Crippen molar-refractivity contribution in [2.75, 3.05) is 0 Å². The summed E-state index contributed by atoms with van der Waals surface area (Å²) in [6.07, 6.45) is 3.54. The molecule has 1 heterocycles. The van der Waals surface area contributed by atoms with Gasteiger partial charge >= 0.3 is 29.6 Å². The Hall–Kier alpha value is -2.36. The molecular formula is C27H27F2N2NaO4. The molecule has 0 saturated carbocycles. The minimum absolute atomic E-state index is 0. The normalized spacial score (nSPS) is 16.8. The maximum Gasteiger partial charge on any atom is 1.00 e. The number of carboxylic acids is 1. The Bertz CT molecular complexity index is 1200. The standard InChI is InChI=1S/C27H28F2N2O4.Na/c28-19-6-4-17(5-7-19)14-18-2-1-3-24-25(13-12-22(32)15-23(33)16-26(34)35)31(30-27(18)24)21-10-8-20(29)9-11-21;/h4-13,18,22-23,32-33H,1-3,14-16H2,(H,34,35);/q;+1/p-1/b13-12+;/t18?,22-,23-;/m0./s1. The number of benzene rings is 2. The fraction of sp³-hybridized carbons (Fsp3) is 0.333. The number of carbonyl (C=O) groups is 1. The average molecular weight is 505 g/mol. The molecule has 6 nitrogen and oxygen atoms in total. The van der Waals surface area contributed by atoms with Crippen molar-refractivity contribution in [3.05, 3.63) is 88.8 Å². The molecule has 2 aromatic carbocycles. The molecular weight excluding hydrogens is 477 g/mol. The van der Waals surface area contributed by atoms with Crippen LogP contribution in [0.4, 0.5) is 8.78 Å². The number of aliphatic carboxylic acids is 1. The Morgan fingerprint density at radius 3 is 2.39 bits per heavy atom. The van der Waals surface area contributed by atoms with Crippen molar-refractivity contribution in [2.45, 2.75) is 56.7 Å². The first-order valence-electron chi connectivity index (χ1n) is 11.7. The molecule has 1 aliphatic carbocycles. The van der Waals surface area contributed by atoms with E-state index >= 15 is 0 Å². The maximum atomic E-state index is 13.6. The molecule has 3 aromatic rings. The molecule has 0 bridgehead atoms. The van der Waals surface area contributed by atoms with Crippen LogP contribution in [0, 0.1) is 11.6 Å². The van der Waals surface area contributed by atoms with Gasteiger partial charge in [-0.05, 0) is 73.7 Å². The zero-order valence-electron chi connectivity index (χ0n) is 20.1. The summed E-state index contributed by atoms with van der Waals surface area (Å²) in [5.74, 6) is -1.92. The van der Waals surface area contributed by atoms with E-state index in [1.54, 1.807) is 35.0 Å². The van der Waals surface area contributed by atoms with Gasteiger partial charge in [-0.1, -0.05) is 18.2 Å². The van der Waals surface area contributed by atoms with Crippen molar-refractivity contribution in [1.29, 1.82) is 0 Å². The van der Waals surface area contributed by atoms with E-state index in [4.69, 9.17) is 5.10 Å². The van der Waals surface area contributed by atoms with Gasteiger partial charge in [-0.25, -0.2) is 13.5 Å². The van der Waals surface area contributed by atoms with Crippen molar-refractivity contribution in [3.63, 3.8) is 0 Å². The van der Waals surface area contributed by atoms with Gasteiger partial charge < -0.3 is 20.1 Å². The zero-order valence-corrected chi connectivity index (χ0v) is 22.1. The van der Waals surface area contributed by atoms with Crippen LogP contribution in [0.5, 0.6) is 0 Å². The van der Waals surface area contributed by atoms with Gasteiger partial charge in [-0.3, -0.25) is 0 Å². The number of halogens is 2. The van der Waals surface area contributed by atoms with Gasteiger partial charge in [0.15, 0.2) is 0 Å². The van der Waals surface area contributed by atoms with E-state index in [0.29, 0.717) is 12.1 Å². The third kappa shape index (κ3) is 7.11. The van der Waals surface area contributed by atoms with Crippen LogP contribution < -0.4 is 34.7 Å². The van der Waals surface area contributed by atoms with Crippen LogP contribution in [0.3, 0.4) is 0 Å². The summed E-state index contributed by atoms with van der Waals surface area (Å²) in [5.41, 5.74) is 4.34. The van der Waals surface area contributed by atoms with Gasteiger partial charge in [0, 0.05) is 30.3 Å². The van der Waals surface area contributed by atoms with E-state index < -0.39 is 24.6 Å². The summed E-state index contributed by atoms with van der Waals surface area (Å²) in [5, 5.41) is 35.7. The van der Waals surface area contributed by atoms with Crippen LogP contribution >= 0.6 is 0 Å². The van der Waals surface area contributed by atoms with E-state index in [1.165, 1.54) is 30.3 Å². The average Bonchev–Trinajstić information content (AvgIpc) is 3.18. The Labute approximate surface area is 230 Å². The minimum Gasteiger partial charge on any atom is -0.550 e. The molecule has 0 spiro atoms. The fourth-order valence-electron chi connectivity index (χ4n) is 4.62. The number of carbonyl (C=O) groups excluding carboxylic acids is 1. The van der Waals surface area contributed by atoms with Gasteiger partial charge in [0.2, 0.25) is 0 Å². The first-order valence-corrected chi connectivity index (χ1v) is 11.7. The van der Waals surface area contributed by atoms with Gasteiger partial charge in [0.25, 0.3) is 0 Å². The van der Waals surface area contributed by atoms with E-state index in [-0.39, 0.29) is 53.5 Å². The van der Waals surface area contributed by atoms with Gasteiger partial charge in [-0.15, -0.1) is 0 Å². The molecule has 0 saturated heterocycles. The molecule has 184 valence electrons. The van der Waals surface area contributed by atoms with Crippen molar-refractivity contribution in [2.24, 2.45) is 0 Å². The molecule has 36 heavy (non-hydrogen) atoms. The smallest absolute Gasteiger partial charge is 0.550 e. The van der Waals surface area contributed by atoms with Crippen molar-refractivity contribution < 1.29 is 58.5 Å². The molecule has 1 aromatic heterocycles. The number of aliphatic hydroxyl groups is 2. The molecule has 1 unspecified atom stereocenters. The Kier molecular flexibility index (Phi) is 9.99. The van der Waals surface area contributed by atoms with E-state index in [0.717, 1.165) is 41.8 Å². The van der Waals surface area contributed by atoms with E-state index in [9.17, 15) is 28.9 Å². The van der Waals surface area contributed by atoms with Crippen LogP contribution in [0.1, 0.15) is 54.1 Å². The fourth-order valence-corrected chi connectivity index (χ4v) is 4.62. The number of hydrogen-bond acceptors (Lipinski definition) is 5. The molecule has 1 aliphatic rings. The second-order valence-electron chi connectivity index (χ2n) is 8.95. The third-order valence-electron chi connectivity index (χ3n) is 6.28. The van der Waals surface area contributed by atoms with Gasteiger partial charge in [-0.2, -0.15) is 5.10 Å². The number of fused-ring (bicyclic) bond motifs is 1.